The number of fused-ring (bicyclic) bond motifs is 1. The number of hydrogen-bond acceptors (Lipinski definition) is 3. The molecule has 0 fully saturated rings. The predicted molar refractivity (Wildman–Crippen MR) is 52.5 cm³/mol. The first-order valence-electron chi connectivity index (χ1n) is 3.95. The summed E-state index contributed by atoms with van der Waals surface area (Å²) in [4.78, 5) is 4.28. The first-order valence-corrected chi connectivity index (χ1v) is 3.95. The van der Waals surface area contributed by atoms with E-state index in [1.54, 1.807) is 12.4 Å². The fourth-order valence-corrected chi connectivity index (χ4v) is 1.33. The van der Waals surface area contributed by atoms with Gasteiger partial charge in [0.15, 0.2) is 0 Å². The average molecular weight is 174 g/mol. The molecule has 0 amide bonds. The van der Waals surface area contributed by atoms with Gasteiger partial charge in [-0.1, -0.05) is 0 Å². The van der Waals surface area contributed by atoms with Gasteiger partial charge in [0.25, 0.3) is 0 Å². The molecule has 2 aromatic rings. The van der Waals surface area contributed by atoms with Crippen molar-refractivity contribution in [3.05, 3.63) is 30.1 Å². The second kappa shape index (κ2) is 2.90. The van der Waals surface area contributed by atoms with Crippen LogP contribution in [0.3, 0.4) is 0 Å². The zero-order chi connectivity index (χ0) is 9.26. The minimum absolute atomic E-state index is 0.918. The molecular formula is C9H10N4. The zero-order valence-corrected chi connectivity index (χ0v) is 7.31. The van der Waals surface area contributed by atoms with Gasteiger partial charge in [-0.25, -0.2) is 4.98 Å². The van der Waals surface area contributed by atoms with Crippen LogP contribution in [0.2, 0.25) is 0 Å². The molecule has 2 rings (SSSR count). The minimum atomic E-state index is 0.918. The molecule has 0 saturated heterocycles. The second-order valence-electron chi connectivity index (χ2n) is 2.89. The number of nitrogens with zero attached hydrogens (tertiary/aromatic N) is 3. The van der Waals surface area contributed by atoms with E-state index in [9.17, 15) is 0 Å². The van der Waals surface area contributed by atoms with Gasteiger partial charge in [-0.2, -0.15) is 5.10 Å². The summed E-state index contributed by atoms with van der Waals surface area (Å²) in [6, 6.07) is 4.01. The van der Waals surface area contributed by atoms with E-state index in [1.807, 2.05) is 29.9 Å². The second-order valence-corrected chi connectivity index (χ2v) is 2.89. The Morgan fingerprint density at radius 3 is 3.23 bits per heavy atom. The summed E-state index contributed by atoms with van der Waals surface area (Å²) >= 11 is 0. The van der Waals surface area contributed by atoms with Gasteiger partial charge in [-0.3, -0.25) is 0 Å². The van der Waals surface area contributed by atoms with Crippen LogP contribution in [0.25, 0.3) is 11.0 Å². The number of pyridine rings is 1. The van der Waals surface area contributed by atoms with Crippen LogP contribution in [0.1, 0.15) is 5.56 Å². The molecule has 0 aliphatic heterocycles. The SMILES string of the molecule is Cn1ccc2cc(C=NN)cnc21. The van der Waals surface area contributed by atoms with Crippen molar-refractivity contribution in [1.29, 1.82) is 0 Å². The Hall–Kier alpha value is -1.84. The summed E-state index contributed by atoms with van der Waals surface area (Å²) in [6.07, 6.45) is 5.30. The highest BCUT2D eigenvalue weighted by molar-refractivity contribution is 5.86. The van der Waals surface area contributed by atoms with Gasteiger partial charge >= 0.3 is 0 Å². The van der Waals surface area contributed by atoms with Crippen LogP contribution in [-0.2, 0) is 7.05 Å². The fraction of sp³-hybridized carbons (Fsp3) is 0.111. The standard InChI is InChI=1S/C9H10N4/c1-13-3-2-8-4-7(6-12-10)5-11-9(8)13/h2-6H,10H2,1H3. The van der Waals surface area contributed by atoms with Gasteiger partial charge in [0, 0.05) is 30.4 Å². The number of aromatic nitrogens is 2. The third-order valence-electron chi connectivity index (χ3n) is 1.95. The number of rotatable bonds is 1. The van der Waals surface area contributed by atoms with E-state index in [0.717, 1.165) is 16.6 Å². The van der Waals surface area contributed by atoms with Gasteiger partial charge in [-0.05, 0) is 12.1 Å². The number of hydrazone groups is 1. The van der Waals surface area contributed by atoms with Crippen molar-refractivity contribution in [2.24, 2.45) is 18.0 Å². The topological polar surface area (TPSA) is 56.2 Å². The van der Waals surface area contributed by atoms with Crippen LogP contribution >= 0.6 is 0 Å². The first-order chi connectivity index (χ1) is 6.31. The van der Waals surface area contributed by atoms with Crippen LogP contribution in [-0.4, -0.2) is 15.8 Å². The summed E-state index contributed by atoms with van der Waals surface area (Å²) in [5.74, 6) is 5.05. The third kappa shape index (κ3) is 1.26. The van der Waals surface area contributed by atoms with Crippen LogP contribution in [0.5, 0.6) is 0 Å². The molecule has 0 bridgehead atoms. The molecule has 13 heavy (non-hydrogen) atoms. The lowest BCUT2D eigenvalue weighted by Gasteiger charge is -1.95. The van der Waals surface area contributed by atoms with Gasteiger partial charge in [0.2, 0.25) is 0 Å². The average Bonchev–Trinajstić information content (AvgIpc) is 2.48. The molecule has 0 aromatic carbocycles. The lowest BCUT2D eigenvalue weighted by Crippen LogP contribution is -1.91. The number of hydrogen-bond donors (Lipinski definition) is 1. The van der Waals surface area contributed by atoms with E-state index in [1.165, 1.54) is 0 Å². The first kappa shape index (κ1) is 7.79. The Labute approximate surface area is 75.7 Å². The van der Waals surface area contributed by atoms with Gasteiger partial charge in [0.1, 0.15) is 5.65 Å². The highest BCUT2D eigenvalue weighted by atomic mass is 15.1. The van der Waals surface area contributed by atoms with Crippen molar-refractivity contribution < 1.29 is 0 Å². The minimum Gasteiger partial charge on any atom is -0.336 e. The molecule has 0 unspecified atom stereocenters. The maximum absolute atomic E-state index is 5.05. The number of nitrogens with two attached hydrogens (primary N) is 1. The summed E-state index contributed by atoms with van der Waals surface area (Å²) in [7, 11) is 1.96. The molecule has 0 spiro atoms. The smallest absolute Gasteiger partial charge is 0.139 e. The molecule has 0 radical (unpaired) electrons. The van der Waals surface area contributed by atoms with Crippen molar-refractivity contribution in [3.8, 4) is 0 Å². The Morgan fingerprint density at radius 2 is 2.46 bits per heavy atom. The highest BCUT2D eigenvalue weighted by Crippen LogP contribution is 2.12. The maximum Gasteiger partial charge on any atom is 0.139 e. The largest absolute Gasteiger partial charge is 0.336 e. The van der Waals surface area contributed by atoms with E-state index >= 15 is 0 Å². The number of aryl methyl sites for hydroxylation is 1. The predicted octanol–water partition coefficient (Wildman–Crippen LogP) is 0.866. The molecule has 0 atom stereocenters. The Kier molecular flexibility index (Phi) is 1.73. The van der Waals surface area contributed by atoms with Gasteiger partial charge in [0.05, 0.1) is 6.21 Å². The molecule has 2 aromatic heterocycles. The lowest BCUT2D eigenvalue weighted by molar-refractivity contribution is 0.948. The summed E-state index contributed by atoms with van der Waals surface area (Å²) in [5, 5.41) is 4.54. The van der Waals surface area contributed by atoms with E-state index < -0.39 is 0 Å². The molecule has 2 N–H and O–H groups in total. The van der Waals surface area contributed by atoms with Crippen molar-refractivity contribution in [1.82, 2.24) is 9.55 Å². The van der Waals surface area contributed by atoms with E-state index in [-0.39, 0.29) is 0 Å². The van der Waals surface area contributed by atoms with Gasteiger partial charge < -0.3 is 10.4 Å². The zero-order valence-electron chi connectivity index (χ0n) is 7.31. The molecule has 0 saturated carbocycles. The Bertz CT molecular complexity index is 456. The lowest BCUT2D eigenvalue weighted by atomic mass is 10.2. The summed E-state index contributed by atoms with van der Waals surface area (Å²) in [5.41, 5.74) is 1.88. The molecule has 0 aliphatic carbocycles. The van der Waals surface area contributed by atoms with Crippen LogP contribution < -0.4 is 5.84 Å². The third-order valence-corrected chi connectivity index (χ3v) is 1.95. The monoisotopic (exact) mass is 174 g/mol. The highest BCUT2D eigenvalue weighted by Gasteiger charge is 1.98. The van der Waals surface area contributed by atoms with Crippen molar-refractivity contribution in [3.63, 3.8) is 0 Å². The fourth-order valence-electron chi connectivity index (χ4n) is 1.33. The molecular weight excluding hydrogens is 164 g/mol. The molecule has 4 nitrogen and oxygen atoms in total. The van der Waals surface area contributed by atoms with E-state index in [0.29, 0.717) is 0 Å². The Balaban J connectivity index is 2.63. The maximum atomic E-state index is 5.05. The molecule has 4 heteroatoms. The normalized spacial score (nSPS) is 11.5. The summed E-state index contributed by atoms with van der Waals surface area (Å²) in [6.45, 7) is 0. The van der Waals surface area contributed by atoms with Crippen LogP contribution in [0, 0.1) is 0 Å². The van der Waals surface area contributed by atoms with E-state index in [4.69, 9.17) is 5.84 Å². The van der Waals surface area contributed by atoms with Crippen molar-refractivity contribution in [2.75, 3.05) is 0 Å². The van der Waals surface area contributed by atoms with Crippen molar-refractivity contribution >= 4 is 17.2 Å². The molecule has 2 heterocycles. The Morgan fingerprint density at radius 1 is 1.62 bits per heavy atom. The molecule has 0 aliphatic rings. The summed E-state index contributed by atoms with van der Waals surface area (Å²) < 4.78 is 1.97. The van der Waals surface area contributed by atoms with E-state index in [2.05, 4.69) is 10.1 Å². The van der Waals surface area contributed by atoms with Gasteiger partial charge in [-0.15, -0.1) is 0 Å². The van der Waals surface area contributed by atoms with Crippen LogP contribution in [0.15, 0.2) is 29.6 Å². The van der Waals surface area contributed by atoms with Crippen LogP contribution in [0.4, 0.5) is 0 Å². The quantitative estimate of drug-likeness (QED) is 0.396. The van der Waals surface area contributed by atoms with Crippen molar-refractivity contribution in [2.45, 2.75) is 0 Å². The molecule has 66 valence electrons.